The number of rotatable bonds is 3. The van der Waals surface area contributed by atoms with Gasteiger partial charge in [-0.25, -0.2) is 0 Å². The molecule has 3 saturated carbocycles. The highest BCUT2D eigenvalue weighted by Crippen LogP contribution is 2.47. The van der Waals surface area contributed by atoms with Gasteiger partial charge in [-0.1, -0.05) is 0 Å². The largest absolute Gasteiger partial charge is 0.0633 e. The van der Waals surface area contributed by atoms with E-state index < -0.39 is 0 Å². The average molecular weight is 211 g/mol. The Labute approximate surface area is 97.7 Å². The molecule has 0 aliphatic heterocycles. The monoisotopic (exact) mass is 211 g/mol. The second kappa shape index (κ2) is 3.29. The predicted molar refractivity (Wildman–Crippen MR) is 66.8 cm³/mol. The fourth-order valence-electron chi connectivity index (χ4n) is 2.71. The van der Waals surface area contributed by atoms with E-state index in [1.807, 2.05) is 0 Å². The first-order chi connectivity index (χ1) is 7.90. The molecule has 3 aliphatic rings. The molecule has 0 nitrogen and oxygen atoms in total. The van der Waals surface area contributed by atoms with E-state index in [1.54, 1.807) is 16.7 Å². The summed E-state index contributed by atoms with van der Waals surface area (Å²) in [6.45, 7) is 0. The van der Waals surface area contributed by atoms with Crippen molar-refractivity contribution in [1.82, 2.24) is 0 Å². The SMILES string of the molecule is c1[cH+]c(C2CC2)cc(C2CC2)cc1C1CC1. The lowest BCUT2D eigenvalue weighted by atomic mass is 10.1. The molecular weight excluding hydrogens is 192 g/mol. The van der Waals surface area contributed by atoms with Crippen LogP contribution in [0.5, 0.6) is 0 Å². The maximum Gasteiger partial charge on any atom is 0.0633 e. The Morgan fingerprint density at radius 2 is 1.38 bits per heavy atom. The van der Waals surface area contributed by atoms with Crippen LogP contribution in [-0.2, 0) is 0 Å². The van der Waals surface area contributed by atoms with Crippen molar-refractivity contribution in [2.45, 2.75) is 56.3 Å². The van der Waals surface area contributed by atoms with E-state index in [0.717, 1.165) is 17.8 Å². The smallest absolute Gasteiger partial charge is 0.0445 e. The molecule has 0 heteroatoms. The van der Waals surface area contributed by atoms with Crippen LogP contribution < -0.4 is 0 Å². The first-order valence-electron chi connectivity index (χ1n) is 6.88. The Balaban J connectivity index is 1.79. The molecule has 0 atom stereocenters. The Bertz CT molecular complexity index is 391. The predicted octanol–water partition coefficient (Wildman–Crippen LogP) is 4.60. The van der Waals surface area contributed by atoms with Crippen molar-refractivity contribution in [1.29, 1.82) is 0 Å². The van der Waals surface area contributed by atoms with Gasteiger partial charge in [0.15, 0.2) is 0 Å². The van der Waals surface area contributed by atoms with Gasteiger partial charge in [-0.3, -0.25) is 0 Å². The summed E-state index contributed by atoms with van der Waals surface area (Å²) in [5.41, 5.74) is 4.89. The summed E-state index contributed by atoms with van der Waals surface area (Å²) in [4.78, 5) is 0. The van der Waals surface area contributed by atoms with Gasteiger partial charge in [0.2, 0.25) is 0 Å². The summed E-state index contributed by atoms with van der Waals surface area (Å²) >= 11 is 0. The Morgan fingerprint density at radius 3 is 2.00 bits per heavy atom. The molecule has 0 saturated heterocycles. The van der Waals surface area contributed by atoms with Crippen molar-refractivity contribution in [2.24, 2.45) is 0 Å². The van der Waals surface area contributed by atoms with Gasteiger partial charge in [0.05, 0.1) is 11.6 Å². The molecular formula is C16H19+. The second-order valence-electron chi connectivity index (χ2n) is 5.94. The first kappa shape index (κ1) is 9.15. The molecule has 3 aliphatic carbocycles. The molecule has 0 spiro atoms. The summed E-state index contributed by atoms with van der Waals surface area (Å²) in [6, 6.07) is 9.86. The summed E-state index contributed by atoms with van der Waals surface area (Å²) in [6.07, 6.45) is 8.55. The first-order valence-corrected chi connectivity index (χ1v) is 6.88. The Hall–Kier alpha value is -0.910. The molecule has 0 radical (unpaired) electrons. The van der Waals surface area contributed by atoms with Gasteiger partial charge in [0.1, 0.15) is 0 Å². The van der Waals surface area contributed by atoms with Gasteiger partial charge < -0.3 is 0 Å². The third kappa shape index (κ3) is 1.75. The van der Waals surface area contributed by atoms with Gasteiger partial charge in [0, 0.05) is 41.2 Å². The summed E-state index contributed by atoms with van der Waals surface area (Å²) in [7, 11) is 0. The minimum atomic E-state index is 0.900. The van der Waals surface area contributed by atoms with E-state index in [4.69, 9.17) is 0 Å². The maximum atomic E-state index is 2.52. The van der Waals surface area contributed by atoms with Crippen LogP contribution in [0.4, 0.5) is 0 Å². The standard InChI is InChI=1S/C16H19/c1-2-11(1)14-7-8-15(12-3-4-12)10-16(9-14)13-5-6-13/h7-13H,1-6H2/q+1. The Kier molecular flexibility index (Phi) is 1.88. The molecule has 0 bridgehead atoms. The van der Waals surface area contributed by atoms with Crippen LogP contribution in [0.25, 0.3) is 0 Å². The number of hydrogen-bond donors (Lipinski definition) is 0. The lowest BCUT2D eigenvalue weighted by Crippen LogP contribution is -1.79. The molecule has 0 aromatic heterocycles. The molecule has 16 heavy (non-hydrogen) atoms. The van der Waals surface area contributed by atoms with E-state index >= 15 is 0 Å². The summed E-state index contributed by atoms with van der Waals surface area (Å²) < 4.78 is 0. The van der Waals surface area contributed by atoms with Crippen LogP contribution in [0.15, 0.2) is 24.3 Å². The van der Waals surface area contributed by atoms with Crippen molar-refractivity contribution in [2.75, 3.05) is 0 Å². The van der Waals surface area contributed by atoms with Crippen LogP contribution in [0.1, 0.15) is 73.0 Å². The summed E-state index contributed by atoms with van der Waals surface area (Å²) in [5, 5.41) is 0. The van der Waals surface area contributed by atoms with Crippen LogP contribution in [0, 0.1) is 0 Å². The molecule has 1 aromatic rings. The second-order valence-corrected chi connectivity index (χ2v) is 5.94. The van der Waals surface area contributed by atoms with Crippen LogP contribution in [-0.4, -0.2) is 0 Å². The molecule has 0 unspecified atom stereocenters. The van der Waals surface area contributed by atoms with Crippen LogP contribution in [0.2, 0.25) is 0 Å². The van der Waals surface area contributed by atoms with E-state index in [0.29, 0.717) is 0 Å². The molecule has 0 amide bonds. The average Bonchev–Trinajstić information content (AvgIpc) is 3.22. The van der Waals surface area contributed by atoms with Crippen molar-refractivity contribution < 1.29 is 0 Å². The van der Waals surface area contributed by atoms with E-state index in [2.05, 4.69) is 24.3 Å². The molecule has 4 rings (SSSR count). The molecule has 3 fully saturated rings. The topological polar surface area (TPSA) is 0 Å². The van der Waals surface area contributed by atoms with Gasteiger partial charge in [0.25, 0.3) is 0 Å². The van der Waals surface area contributed by atoms with Crippen LogP contribution >= 0.6 is 0 Å². The zero-order valence-electron chi connectivity index (χ0n) is 9.78. The minimum Gasteiger partial charge on any atom is -0.0445 e. The fraction of sp³-hybridized carbons (Fsp3) is 0.562. The lowest BCUT2D eigenvalue weighted by molar-refractivity contribution is 1.08. The molecule has 0 N–H and O–H groups in total. The fourth-order valence-corrected chi connectivity index (χ4v) is 2.71. The zero-order valence-corrected chi connectivity index (χ0v) is 9.78. The highest BCUT2D eigenvalue weighted by atomic mass is 14.3. The highest BCUT2D eigenvalue weighted by molar-refractivity contribution is 5.37. The normalized spacial score (nSPS) is 24.5. The van der Waals surface area contributed by atoms with Crippen molar-refractivity contribution in [3.8, 4) is 0 Å². The lowest BCUT2D eigenvalue weighted by Gasteiger charge is -1.91. The van der Waals surface area contributed by atoms with Crippen molar-refractivity contribution in [3.63, 3.8) is 0 Å². The highest BCUT2D eigenvalue weighted by Gasteiger charge is 2.33. The van der Waals surface area contributed by atoms with Gasteiger partial charge in [-0.2, -0.15) is 0 Å². The number of hydrogen-bond acceptors (Lipinski definition) is 0. The van der Waals surface area contributed by atoms with Gasteiger partial charge >= 0.3 is 0 Å². The Morgan fingerprint density at radius 1 is 0.750 bits per heavy atom. The maximum absolute atomic E-state index is 2.52. The zero-order chi connectivity index (χ0) is 10.5. The summed E-state index contributed by atoms with van der Waals surface area (Å²) in [5.74, 6) is 2.70. The minimum absolute atomic E-state index is 0.900. The van der Waals surface area contributed by atoms with E-state index in [-0.39, 0.29) is 0 Å². The van der Waals surface area contributed by atoms with Crippen LogP contribution in [0.3, 0.4) is 0 Å². The molecule has 0 heterocycles. The third-order valence-corrected chi connectivity index (χ3v) is 4.28. The third-order valence-electron chi connectivity index (χ3n) is 4.28. The quantitative estimate of drug-likeness (QED) is 0.641. The molecule has 82 valence electrons. The van der Waals surface area contributed by atoms with Crippen molar-refractivity contribution >= 4 is 0 Å². The van der Waals surface area contributed by atoms with E-state index in [1.165, 1.54) is 38.5 Å². The molecule has 1 aromatic carbocycles. The van der Waals surface area contributed by atoms with Crippen molar-refractivity contribution in [3.05, 3.63) is 41.0 Å². The van der Waals surface area contributed by atoms with Gasteiger partial charge in [-0.05, 0) is 44.4 Å². The van der Waals surface area contributed by atoms with E-state index in [9.17, 15) is 0 Å². The van der Waals surface area contributed by atoms with Gasteiger partial charge in [-0.15, -0.1) is 0 Å².